The summed E-state index contributed by atoms with van der Waals surface area (Å²) in [6.07, 6.45) is 2.98. The molecule has 1 saturated carbocycles. The second-order valence-electron chi connectivity index (χ2n) is 3.72. The number of rotatable bonds is 2. The molecule has 0 aromatic heterocycles. The van der Waals surface area contributed by atoms with Crippen molar-refractivity contribution in [3.8, 4) is 0 Å². The standard InChI is InChI=1S/C11H13BrO/c12-8-9-2-4-10(5-3-9)11(13)6-1-7-11/h2-5,13H,1,6-8H2. The Morgan fingerprint density at radius 1 is 1.23 bits per heavy atom. The van der Waals surface area contributed by atoms with E-state index in [9.17, 15) is 5.11 Å². The van der Waals surface area contributed by atoms with Crippen LogP contribution in [0.2, 0.25) is 0 Å². The van der Waals surface area contributed by atoms with E-state index >= 15 is 0 Å². The van der Waals surface area contributed by atoms with Crippen molar-refractivity contribution in [2.24, 2.45) is 0 Å². The van der Waals surface area contributed by atoms with E-state index < -0.39 is 5.60 Å². The predicted molar refractivity (Wildman–Crippen MR) is 56.8 cm³/mol. The third kappa shape index (κ3) is 1.65. The van der Waals surface area contributed by atoms with Crippen molar-refractivity contribution in [2.75, 3.05) is 0 Å². The summed E-state index contributed by atoms with van der Waals surface area (Å²) in [4.78, 5) is 0. The van der Waals surface area contributed by atoms with Gasteiger partial charge in [-0.05, 0) is 30.4 Å². The van der Waals surface area contributed by atoms with Gasteiger partial charge >= 0.3 is 0 Å². The lowest BCUT2D eigenvalue weighted by molar-refractivity contribution is -0.0387. The summed E-state index contributed by atoms with van der Waals surface area (Å²) in [5.74, 6) is 0. The second kappa shape index (κ2) is 3.43. The van der Waals surface area contributed by atoms with E-state index in [-0.39, 0.29) is 0 Å². The van der Waals surface area contributed by atoms with Crippen molar-refractivity contribution in [1.82, 2.24) is 0 Å². The van der Waals surface area contributed by atoms with Crippen LogP contribution in [0.4, 0.5) is 0 Å². The van der Waals surface area contributed by atoms with E-state index in [1.807, 2.05) is 12.1 Å². The van der Waals surface area contributed by atoms with Crippen LogP contribution in [-0.2, 0) is 10.9 Å². The third-order valence-corrected chi connectivity index (χ3v) is 3.47. The van der Waals surface area contributed by atoms with Gasteiger partial charge in [0.25, 0.3) is 0 Å². The summed E-state index contributed by atoms with van der Waals surface area (Å²) in [6, 6.07) is 8.21. The Morgan fingerprint density at radius 2 is 1.85 bits per heavy atom. The van der Waals surface area contributed by atoms with Gasteiger partial charge in [0.1, 0.15) is 0 Å². The zero-order valence-electron chi connectivity index (χ0n) is 7.46. The van der Waals surface area contributed by atoms with Gasteiger partial charge in [0.05, 0.1) is 5.60 Å². The Bertz CT molecular complexity index is 287. The normalized spacial score (nSPS) is 19.5. The Morgan fingerprint density at radius 3 is 2.23 bits per heavy atom. The minimum atomic E-state index is -0.509. The van der Waals surface area contributed by atoms with Crippen molar-refractivity contribution in [3.05, 3.63) is 35.4 Å². The second-order valence-corrected chi connectivity index (χ2v) is 4.28. The molecule has 1 aromatic rings. The molecule has 0 atom stereocenters. The van der Waals surface area contributed by atoms with Crippen molar-refractivity contribution >= 4 is 15.9 Å². The van der Waals surface area contributed by atoms with Gasteiger partial charge in [0.2, 0.25) is 0 Å². The van der Waals surface area contributed by atoms with Crippen LogP contribution < -0.4 is 0 Å². The van der Waals surface area contributed by atoms with Gasteiger partial charge < -0.3 is 5.11 Å². The molecule has 70 valence electrons. The van der Waals surface area contributed by atoms with Crippen LogP contribution in [0.3, 0.4) is 0 Å². The molecule has 0 saturated heterocycles. The number of alkyl halides is 1. The van der Waals surface area contributed by atoms with Crippen LogP contribution in [0, 0.1) is 0 Å². The monoisotopic (exact) mass is 240 g/mol. The molecule has 1 N–H and O–H groups in total. The highest BCUT2D eigenvalue weighted by atomic mass is 79.9. The van der Waals surface area contributed by atoms with Crippen molar-refractivity contribution < 1.29 is 5.11 Å². The quantitative estimate of drug-likeness (QED) is 0.789. The summed E-state index contributed by atoms with van der Waals surface area (Å²) in [5, 5.41) is 10.9. The maximum absolute atomic E-state index is 10.0. The smallest absolute Gasteiger partial charge is 0.0896 e. The molecule has 13 heavy (non-hydrogen) atoms. The van der Waals surface area contributed by atoms with Gasteiger partial charge in [-0.1, -0.05) is 40.2 Å². The van der Waals surface area contributed by atoms with Gasteiger partial charge in [-0.25, -0.2) is 0 Å². The average Bonchev–Trinajstić information content (AvgIpc) is 2.14. The predicted octanol–water partition coefficient (Wildman–Crippen LogP) is 2.95. The first-order chi connectivity index (χ1) is 6.24. The highest BCUT2D eigenvalue weighted by Gasteiger charge is 2.35. The van der Waals surface area contributed by atoms with E-state index in [0.29, 0.717) is 0 Å². The van der Waals surface area contributed by atoms with Gasteiger partial charge in [0.15, 0.2) is 0 Å². The fraction of sp³-hybridized carbons (Fsp3) is 0.455. The number of hydrogen-bond acceptors (Lipinski definition) is 1. The summed E-state index contributed by atoms with van der Waals surface area (Å²) >= 11 is 3.40. The molecule has 2 heteroatoms. The highest BCUT2D eigenvalue weighted by Crippen LogP contribution is 2.40. The van der Waals surface area contributed by atoms with Crippen molar-refractivity contribution in [3.63, 3.8) is 0 Å². The molecule has 1 aromatic carbocycles. The Kier molecular flexibility index (Phi) is 2.43. The topological polar surface area (TPSA) is 20.2 Å². The summed E-state index contributed by atoms with van der Waals surface area (Å²) in [5.41, 5.74) is 1.82. The SMILES string of the molecule is OC1(c2ccc(CBr)cc2)CCC1. The number of benzene rings is 1. The molecule has 0 unspecified atom stereocenters. The maximum atomic E-state index is 10.0. The largest absolute Gasteiger partial charge is 0.385 e. The first-order valence-corrected chi connectivity index (χ1v) is 5.74. The summed E-state index contributed by atoms with van der Waals surface area (Å²) in [7, 11) is 0. The van der Waals surface area contributed by atoms with Crippen LogP contribution in [0.1, 0.15) is 30.4 Å². The lowest BCUT2D eigenvalue weighted by atomic mass is 9.75. The van der Waals surface area contributed by atoms with E-state index in [2.05, 4.69) is 28.1 Å². The average molecular weight is 241 g/mol. The minimum Gasteiger partial charge on any atom is -0.385 e. The molecule has 0 spiro atoms. The molecule has 0 bridgehead atoms. The van der Waals surface area contributed by atoms with E-state index in [1.54, 1.807) is 0 Å². The van der Waals surface area contributed by atoms with Crippen LogP contribution in [-0.4, -0.2) is 5.11 Å². The summed E-state index contributed by atoms with van der Waals surface area (Å²) < 4.78 is 0. The molecular formula is C11H13BrO. The van der Waals surface area contributed by atoms with E-state index in [4.69, 9.17) is 0 Å². The first kappa shape index (κ1) is 9.22. The summed E-state index contributed by atoms with van der Waals surface area (Å²) in [6.45, 7) is 0. The van der Waals surface area contributed by atoms with Crippen LogP contribution >= 0.6 is 15.9 Å². The lowest BCUT2D eigenvalue weighted by Gasteiger charge is -2.37. The number of hydrogen-bond donors (Lipinski definition) is 1. The molecule has 0 aliphatic heterocycles. The van der Waals surface area contributed by atoms with E-state index in [0.717, 1.165) is 30.2 Å². The van der Waals surface area contributed by atoms with Gasteiger partial charge in [0, 0.05) is 5.33 Å². The van der Waals surface area contributed by atoms with Crippen LogP contribution in [0.25, 0.3) is 0 Å². The Labute approximate surface area is 86.9 Å². The van der Waals surface area contributed by atoms with E-state index in [1.165, 1.54) is 5.56 Å². The maximum Gasteiger partial charge on any atom is 0.0896 e. The van der Waals surface area contributed by atoms with Gasteiger partial charge in [-0.3, -0.25) is 0 Å². The van der Waals surface area contributed by atoms with Crippen LogP contribution in [0.15, 0.2) is 24.3 Å². The van der Waals surface area contributed by atoms with Crippen molar-refractivity contribution in [1.29, 1.82) is 0 Å². The zero-order chi connectivity index (χ0) is 9.31. The van der Waals surface area contributed by atoms with Crippen molar-refractivity contribution in [2.45, 2.75) is 30.2 Å². The number of aliphatic hydroxyl groups is 1. The van der Waals surface area contributed by atoms with Gasteiger partial charge in [-0.2, -0.15) is 0 Å². The molecule has 0 heterocycles. The highest BCUT2D eigenvalue weighted by molar-refractivity contribution is 9.08. The lowest BCUT2D eigenvalue weighted by Crippen LogP contribution is -2.33. The fourth-order valence-corrected chi connectivity index (χ4v) is 2.08. The Hall–Kier alpha value is -0.340. The molecule has 1 fully saturated rings. The Balaban J connectivity index is 2.22. The molecular weight excluding hydrogens is 228 g/mol. The molecule has 1 nitrogen and oxygen atoms in total. The van der Waals surface area contributed by atoms with Gasteiger partial charge in [-0.15, -0.1) is 0 Å². The molecule has 2 rings (SSSR count). The molecule has 1 aliphatic carbocycles. The minimum absolute atomic E-state index is 0.509. The fourth-order valence-electron chi connectivity index (χ4n) is 1.70. The first-order valence-electron chi connectivity index (χ1n) is 4.62. The zero-order valence-corrected chi connectivity index (χ0v) is 9.05. The molecule has 1 aliphatic rings. The molecule has 0 radical (unpaired) electrons. The molecule has 0 amide bonds. The number of halogens is 1. The third-order valence-electron chi connectivity index (χ3n) is 2.83. The van der Waals surface area contributed by atoms with Crippen LogP contribution in [0.5, 0.6) is 0 Å².